The third-order valence-corrected chi connectivity index (χ3v) is 7.82. The summed E-state index contributed by atoms with van der Waals surface area (Å²) in [6.45, 7) is 4.89. The molecule has 1 N–H and O–H groups in total. The molecular formula is C20H29N3O4S. The summed E-state index contributed by atoms with van der Waals surface area (Å²) in [6.07, 6.45) is 4.60. The van der Waals surface area contributed by atoms with Gasteiger partial charge < -0.3 is 10.2 Å². The van der Waals surface area contributed by atoms with Crippen LogP contribution >= 0.6 is 0 Å². The van der Waals surface area contributed by atoms with Crippen LogP contribution in [0, 0.1) is 5.92 Å². The molecule has 3 rings (SSSR count). The van der Waals surface area contributed by atoms with Crippen molar-refractivity contribution in [2.45, 2.75) is 56.9 Å². The van der Waals surface area contributed by atoms with Crippen molar-refractivity contribution in [2.24, 2.45) is 5.92 Å². The molecule has 1 aromatic carbocycles. The average molecular weight is 408 g/mol. The minimum Gasteiger partial charge on any atom is -0.339 e. The molecule has 1 heterocycles. The lowest BCUT2D eigenvalue weighted by molar-refractivity contribution is -0.129. The van der Waals surface area contributed by atoms with Gasteiger partial charge in [-0.1, -0.05) is 26.7 Å². The molecule has 0 unspecified atom stereocenters. The standard InChI is InChI=1S/C20H29N3O4S/c1-3-22(4-2)28(26,27)18-11-9-16(10-12-18)21-20(25)15-13-19(24)23(14-15)17-7-5-6-8-17/h9-12,15,17H,3-8,13-14H2,1-2H3,(H,21,25)/t15-/m0/s1. The van der Waals surface area contributed by atoms with Crippen molar-refractivity contribution in [1.29, 1.82) is 0 Å². The minimum absolute atomic E-state index is 0.0627. The number of amides is 2. The normalized spacial score (nSPS) is 20.9. The van der Waals surface area contributed by atoms with Crippen molar-refractivity contribution in [3.63, 3.8) is 0 Å². The molecule has 2 aliphatic rings. The number of benzene rings is 1. The average Bonchev–Trinajstić information content (AvgIpc) is 3.32. The van der Waals surface area contributed by atoms with Gasteiger partial charge in [0.25, 0.3) is 0 Å². The predicted molar refractivity (Wildman–Crippen MR) is 107 cm³/mol. The number of hydrogen-bond donors (Lipinski definition) is 1. The zero-order valence-electron chi connectivity index (χ0n) is 16.6. The van der Waals surface area contributed by atoms with Gasteiger partial charge in [-0.05, 0) is 37.1 Å². The molecule has 1 aromatic rings. The first-order valence-corrected chi connectivity index (χ1v) is 11.5. The number of nitrogens with zero attached hydrogens (tertiary/aromatic N) is 2. The number of sulfonamides is 1. The lowest BCUT2D eigenvalue weighted by atomic mass is 10.1. The minimum atomic E-state index is -3.52. The highest BCUT2D eigenvalue weighted by Gasteiger charge is 2.38. The van der Waals surface area contributed by atoms with Gasteiger partial charge in [-0.2, -0.15) is 4.31 Å². The predicted octanol–water partition coefficient (Wildman–Crippen LogP) is 2.45. The van der Waals surface area contributed by atoms with Gasteiger partial charge in [0, 0.05) is 37.8 Å². The summed E-state index contributed by atoms with van der Waals surface area (Å²) in [5.41, 5.74) is 0.537. The molecule has 154 valence electrons. The van der Waals surface area contributed by atoms with Crippen LogP contribution in [-0.4, -0.2) is 55.1 Å². The topological polar surface area (TPSA) is 86.8 Å². The van der Waals surface area contributed by atoms with Gasteiger partial charge in [-0.3, -0.25) is 9.59 Å². The third-order valence-electron chi connectivity index (χ3n) is 5.76. The monoisotopic (exact) mass is 407 g/mol. The molecule has 1 aliphatic heterocycles. The summed E-state index contributed by atoms with van der Waals surface area (Å²) in [5, 5.41) is 2.83. The van der Waals surface area contributed by atoms with Crippen LogP contribution in [-0.2, 0) is 19.6 Å². The largest absolute Gasteiger partial charge is 0.339 e. The second-order valence-corrected chi connectivity index (χ2v) is 9.43. The Kier molecular flexibility index (Phi) is 6.40. The maximum absolute atomic E-state index is 12.6. The van der Waals surface area contributed by atoms with Crippen LogP contribution in [0.4, 0.5) is 5.69 Å². The zero-order valence-corrected chi connectivity index (χ0v) is 17.4. The van der Waals surface area contributed by atoms with Gasteiger partial charge in [-0.25, -0.2) is 8.42 Å². The number of nitrogens with one attached hydrogen (secondary N) is 1. The van der Waals surface area contributed by atoms with E-state index in [-0.39, 0.29) is 35.1 Å². The Morgan fingerprint density at radius 2 is 1.75 bits per heavy atom. The van der Waals surface area contributed by atoms with Crippen LogP contribution in [0.3, 0.4) is 0 Å². The van der Waals surface area contributed by atoms with E-state index in [4.69, 9.17) is 0 Å². The van der Waals surface area contributed by atoms with E-state index < -0.39 is 10.0 Å². The van der Waals surface area contributed by atoms with Crippen LogP contribution in [0.5, 0.6) is 0 Å². The first-order valence-electron chi connectivity index (χ1n) is 10.1. The van der Waals surface area contributed by atoms with E-state index in [1.807, 2.05) is 4.90 Å². The Balaban J connectivity index is 1.63. The Hall–Kier alpha value is -1.93. The summed E-state index contributed by atoms with van der Waals surface area (Å²) < 4.78 is 26.5. The molecular weight excluding hydrogens is 378 g/mol. The molecule has 1 atom stereocenters. The van der Waals surface area contributed by atoms with E-state index >= 15 is 0 Å². The highest BCUT2D eigenvalue weighted by molar-refractivity contribution is 7.89. The summed E-state index contributed by atoms with van der Waals surface area (Å²) in [7, 11) is -3.52. The second kappa shape index (κ2) is 8.61. The zero-order chi connectivity index (χ0) is 20.3. The van der Waals surface area contributed by atoms with Crippen molar-refractivity contribution in [2.75, 3.05) is 25.0 Å². The molecule has 0 bridgehead atoms. The number of rotatable bonds is 7. The Bertz CT molecular complexity index is 812. The molecule has 2 amide bonds. The van der Waals surface area contributed by atoms with Crippen molar-refractivity contribution in [3.05, 3.63) is 24.3 Å². The fraction of sp³-hybridized carbons (Fsp3) is 0.600. The van der Waals surface area contributed by atoms with Crippen LogP contribution in [0.25, 0.3) is 0 Å². The SMILES string of the molecule is CCN(CC)S(=O)(=O)c1ccc(NC(=O)[C@H]2CC(=O)N(C3CCCC3)C2)cc1. The maximum atomic E-state index is 12.6. The third kappa shape index (κ3) is 4.22. The molecule has 0 aromatic heterocycles. The highest BCUT2D eigenvalue weighted by Crippen LogP contribution is 2.30. The van der Waals surface area contributed by atoms with E-state index in [1.165, 1.54) is 16.4 Å². The first-order chi connectivity index (χ1) is 13.4. The number of hydrogen-bond acceptors (Lipinski definition) is 4. The van der Waals surface area contributed by atoms with Gasteiger partial charge in [0.05, 0.1) is 10.8 Å². The Morgan fingerprint density at radius 1 is 1.14 bits per heavy atom. The van der Waals surface area contributed by atoms with E-state index in [9.17, 15) is 18.0 Å². The number of carbonyl (C=O) groups excluding carboxylic acids is 2. The number of carbonyl (C=O) groups is 2. The van der Waals surface area contributed by atoms with Gasteiger partial charge in [0.2, 0.25) is 21.8 Å². The quantitative estimate of drug-likeness (QED) is 0.752. The molecule has 1 aliphatic carbocycles. The van der Waals surface area contributed by atoms with Gasteiger partial charge in [-0.15, -0.1) is 0 Å². The number of likely N-dealkylation sites (tertiary alicyclic amines) is 1. The number of anilines is 1. The lowest BCUT2D eigenvalue weighted by Crippen LogP contribution is -2.35. The lowest BCUT2D eigenvalue weighted by Gasteiger charge is -2.23. The summed E-state index contributed by atoms with van der Waals surface area (Å²) in [4.78, 5) is 26.9. The molecule has 1 saturated carbocycles. The fourth-order valence-corrected chi connectivity index (χ4v) is 5.60. The maximum Gasteiger partial charge on any atom is 0.243 e. The molecule has 28 heavy (non-hydrogen) atoms. The van der Waals surface area contributed by atoms with Crippen molar-refractivity contribution in [3.8, 4) is 0 Å². The molecule has 2 fully saturated rings. The van der Waals surface area contributed by atoms with Gasteiger partial charge in [0.1, 0.15) is 0 Å². The smallest absolute Gasteiger partial charge is 0.243 e. The molecule has 7 nitrogen and oxygen atoms in total. The summed E-state index contributed by atoms with van der Waals surface area (Å²) >= 11 is 0. The van der Waals surface area contributed by atoms with Crippen molar-refractivity contribution >= 4 is 27.5 Å². The molecule has 0 spiro atoms. The fourth-order valence-electron chi connectivity index (χ4n) is 4.14. The van der Waals surface area contributed by atoms with E-state index in [2.05, 4.69) is 5.32 Å². The first kappa shape index (κ1) is 20.8. The molecule has 8 heteroatoms. The molecule has 0 radical (unpaired) electrons. The van der Waals surface area contributed by atoms with E-state index in [1.54, 1.807) is 26.0 Å². The highest BCUT2D eigenvalue weighted by atomic mass is 32.2. The van der Waals surface area contributed by atoms with Gasteiger partial charge >= 0.3 is 0 Å². The van der Waals surface area contributed by atoms with Crippen LogP contribution in [0.15, 0.2) is 29.2 Å². The molecule has 1 saturated heterocycles. The Labute approximate surface area is 167 Å². The van der Waals surface area contributed by atoms with Crippen LogP contribution in [0.1, 0.15) is 46.0 Å². The van der Waals surface area contributed by atoms with Gasteiger partial charge in [0.15, 0.2) is 0 Å². The second-order valence-electron chi connectivity index (χ2n) is 7.49. The van der Waals surface area contributed by atoms with E-state index in [0.29, 0.717) is 25.3 Å². The Morgan fingerprint density at radius 3 is 2.32 bits per heavy atom. The van der Waals surface area contributed by atoms with E-state index in [0.717, 1.165) is 25.7 Å². The summed E-state index contributed by atoms with van der Waals surface area (Å²) in [6, 6.07) is 6.50. The van der Waals surface area contributed by atoms with Crippen molar-refractivity contribution in [1.82, 2.24) is 9.21 Å². The van der Waals surface area contributed by atoms with Crippen LogP contribution < -0.4 is 5.32 Å². The summed E-state index contributed by atoms with van der Waals surface area (Å²) in [5.74, 6) is -0.479. The van der Waals surface area contributed by atoms with Crippen molar-refractivity contribution < 1.29 is 18.0 Å². The van der Waals surface area contributed by atoms with Crippen LogP contribution in [0.2, 0.25) is 0 Å².